The van der Waals surface area contributed by atoms with E-state index >= 15 is 0 Å². The number of hydrogen-bond donors (Lipinski definition) is 1. The van der Waals surface area contributed by atoms with Crippen LogP contribution in [0.1, 0.15) is 30.9 Å². The van der Waals surface area contributed by atoms with Crippen LogP contribution in [0, 0.1) is 17.2 Å². The molecule has 20 heavy (non-hydrogen) atoms. The smallest absolute Gasteiger partial charge is 0.222 e. The summed E-state index contributed by atoms with van der Waals surface area (Å²) in [7, 11) is 1.69. The minimum absolute atomic E-state index is 0.120. The summed E-state index contributed by atoms with van der Waals surface area (Å²) in [5.41, 5.74) is 1.19. The highest BCUT2D eigenvalue weighted by Gasteiger charge is 2.28. The summed E-state index contributed by atoms with van der Waals surface area (Å²) in [4.78, 5) is 14.0. The molecule has 1 amide bonds. The van der Waals surface area contributed by atoms with Gasteiger partial charge in [-0.2, -0.15) is 5.26 Å². The molecule has 0 aromatic heterocycles. The van der Waals surface area contributed by atoms with E-state index in [9.17, 15) is 4.79 Å². The fourth-order valence-corrected chi connectivity index (χ4v) is 2.90. The van der Waals surface area contributed by atoms with Crippen LogP contribution < -0.4 is 5.32 Å². The van der Waals surface area contributed by atoms with Crippen LogP contribution >= 0.6 is 0 Å². The average molecular weight is 271 g/mol. The van der Waals surface area contributed by atoms with E-state index in [2.05, 4.69) is 28.4 Å². The standard InChI is InChI=1S/C16H21N3O/c1-18-16(20)14-8-11-19(12-9-14)15(7-10-17)13-5-3-2-4-6-13/h2-6,14-15H,7-9,11-12H2,1H3,(H,18,20). The lowest BCUT2D eigenvalue weighted by Crippen LogP contribution is -2.41. The molecule has 1 heterocycles. The summed E-state index contributed by atoms with van der Waals surface area (Å²) in [6.45, 7) is 1.75. The van der Waals surface area contributed by atoms with Crippen molar-refractivity contribution in [3.8, 4) is 6.07 Å². The first-order chi connectivity index (χ1) is 9.76. The predicted molar refractivity (Wildman–Crippen MR) is 77.8 cm³/mol. The Hall–Kier alpha value is -1.86. The molecule has 0 spiro atoms. The van der Waals surface area contributed by atoms with Gasteiger partial charge in [-0.15, -0.1) is 0 Å². The molecule has 0 radical (unpaired) electrons. The molecule has 0 aliphatic carbocycles. The highest BCUT2D eigenvalue weighted by atomic mass is 16.1. The fourth-order valence-electron chi connectivity index (χ4n) is 2.90. The van der Waals surface area contributed by atoms with Crippen LogP contribution in [-0.2, 0) is 4.79 Å². The molecular formula is C16H21N3O. The van der Waals surface area contributed by atoms with Crippen LogP contribution in [0.25, 0.3) is 0 Å². The summed E-state index contributed by atoms with van der Waals surface area (Å²) in [5, 5.41) is 11.8. The quantitative estimate of drug-likeness (QED) is 0.912. The van der Waals surface area contributed by atoms with Crippen molar-refractivity contribution in [2.75, 3.05) is 20.1 Å². The van der Waals surface area contributed by atoms with Crippen LogP contribution in [0.15, 0.2) is 30.3 Å². The minimum atomic E-state index is 0.120. The molecule has 1 aliphatic heterocycles. The molecule has 1 aliphatic rings. The van der Waals surface area contributed by atoms with Crippen LogP contribution in [0.3, 0.4) is 0 Å². The van der Waals surface area contributed by atoms with E-state index in [1.54, 1.807) is 7.05 Å². The van der Waals surface area contributed by atoms with Crippen LogP contribution in [0.2, 0.25) is 0 Å². The van der Waals surface area contributed by atoms with E-state index in [1.807, 2.05) is 18.2 Å². The molecule has 1 atom stereocenters. The maximum Gasteiger partial charge on any atom is 0.222 e. The van der Waals surface area contributed by atoms with Gasteiger partial charge in [0.15, 0.2) is 0 Å². The molecular weight excluding hydrogens is 250 g/mol. The Bertz CT molecular complexity index is 472. The number of piperidine rings is 1. The van der Waals surface area contributed by atoms with Gasteiger partial charge in [0.05, 0.1) is 12.5 Å². The van der Waals surface area contributed by atoms with Crippen molar-refractivity contribution < 1.29 is 4.79 Å². The summed E-state index contributed by atoms with van der Waals surface area (Å²) < 4.78 is 0. The van der Waals surface area contributed by atoms with Crippen molar-refractivity contribution in [2.24, 2.45) is 5.92 Å². The van der Waals surface area contributed by atoms with E-state index < -0.39 is 0 Å². The number of benzene rings is 1. The molecule has 106 valence electrons. The number of carbonyl (C=O) groups excluding carboxylic acids is 1. The van der Waals surface area contributed by atoms with Crippen LogP contribution in [0.5, 0.6) is 0 Å². The maximum absolute atomic E-state index is 11.7. The molecule has 2 rings (SSSR count). The Morgan fingerprint density at radius 3 is 2.60 bits per heavy atom. The first kappa shape index (κ1) is 14.5. The van der Waals surface area contributed by atoms with Gasteiger partial charge < -0.3 is 5.32 Å². The Morgan fingerprint density at radius 1 is 1.40 bits per heavy atom. The van der Waals surface area contributed by atoms with Gasteiger partial charge in [-0.1, -0.05) is 30.3 Å². The number of nitrogens with one attached hydrogen (secondary N) is 1. The zero-order chi connectivity index (χ0) is 14.4. The summed E-state index contributed by atoms with van der Waals surface area (Å²) >= 11 is 0. The zero-order valence-electron chi connectivity index (χ0n) is 11.9. The van der Waals surface area contributed by atoms with Gasteiger partial charge >= 0.3 is 0 Å². The van der Waals surface area contributed by atoms with E-state index in [0.717, 1.165) is 25.9 Å². The molecule has 0 bridgehead atoms. The molecule has 0 saturated carbocycles. The Morgan fingerprint density at radius 2 is 2.05 bits per heavy atom. The highest BCUT2D eigenvalue weighted by Crippen LogP contribution is 2.29. The van der Waals surface area contributed by atoms with Gasteiger partial charge in [-0.3, -0.25) is 9.69 Å². The predicted octanol–water partition coefficient (Wildman–Crippen LogP) is 2.10. The number of nitriles is 1. The molecule has 1 N–H and O–H groups in total. The van der Waals surface area contributed by atoms with Gasteiger partial charge in [0.1, 0.15) is 0 Å². The van der Waals surface area contributed by atoms with E-state index in [0.29, 0.717) is 6.42 Å². The van der Waals surface area contributed by atoms with Crippen molar-refractivity contribution in [1.82, 2.24) is 10.2 Å². The first-order valence-corrected chi connectivity index (χ1v) is 7.13. The molecule has 4 nitrogen and oxygen atoms in total. The number of carbonyl (C=O) groups is 1. The Labute approximate surface area is 120 Å². The molecule has 1 saturated heterocycles. The zero-order valence-corrected chi connectivity index (χ0v) is 11.9. The summed E-state index contributed by atoms with van der Waals surface area (Å²) in [6, 6.07) is 12.6. The monoisotopic (exact) mass is 271 g/mol. The Kier molecular flexibility index (Phi) is 5.14. The number of likely N-dealkylation sites (tertiary alicyclic amines) is 1. The molecule has 1 fully saturated rings. The fraction of sp³-hybridized carbons (Fsp3) is 0.500. The maximum atomic E-state index is 11.7. The SMILES string of the molecule is CNC(=O)C1CCN(C(CC#N)c2ccccc2)CC1. The van der Waals surface area contributed by atoms with Gasteiger partial charge in [0.2, 0.25) is 5.91 Å². The third-order valence-electron chi connectivity index (χ3n) is 4.06. The van der Waals surface area contributed by atoms with Crippen LogP contribution in [0.4, 0.5) is 0 Å². The van der Waals surface area contributed by atoms with Crippen molar-refractivity contribution in [2.45, 2.75) is 25.3 Å². The summed E-state index contributed by atoms with van der Waals surface area (Å²) in [5.74, 6) is 0.260. The number of hydrogen-bond acceptors (Lipinski definition) is 3. The normalized spacial score (nSPS) is 18.2. The first-order valence-electron chi connectivity index (χ1n) is 7.13. The molecule has 1 unspecified atom stereocenters. The lowest BCUT2D eigenvalue weighted by atomic mass is 9.93. The van der Waals surface area contributed by atoms with Gasteiger partial charge in [0.25, 0.3) is 0 Å². The van der Waals surface area contributed by atoms with Crippen molar-refractivity contribution >= 4 is 5.91 Å². The lowest BCUT2D eigenvalue weighted by Gasteiger charge is -2.36. The third kappa shape index (κ3) is 3.37. The number of rotatable bonds is 4. The highest BCUT2D eigenvalue weighted by molar-refractivity contribution is 5.78. The van der Waals surface area contributed by atoms with Gasteiger partial charge in [-0.05, 0) is 31.5 Å². The second-order valence-corrected chi connectivity index (χ2v) is 5.21. The van der Waals surface area contributed by atoms with Gasteiger partial charge in [0, 0.05) is 19.0 Å². The van der Waals surface area contributed by atoms with E-state index in [4.69, 9.17) is 5.26 Å². The average Bonchev–Trinajstić information content (AvgIpc) is 2.53. The largest absolute Gasteiger partial charge is 0.359 e. The molecule has 4 heteroatoms. The Balaban J connectivity index is 2.03. The summed E-state index contributed by atoms with van der Waals surface area (Å²) in [6.07, 6.45) is 2.23. The third-order valence-corrected chi connectivity index (χ3v) is 4.06. The van der Waals surface area contributed by atoms with Crippen molar-refractivity contribution in [3.05, 3.63) is 35.9 Å². The number of amides is 1. The molecule has 1 aromatic rings. The van der Waals surface area contributed by atoms with Gasteiger partial charge in [-0.25, -0.2) is 0 Å². The minimum Gasteiger partial charge on any atom is -0.359 e. The lowest BCUT2D eigenvalue weighted by molar-refractivity contribution is -0.126. The van der Waals surface area contributed by atoms with E-state index in [1.165, 1.54) is 5.56 Å². The molecule has 1 aromatic carbocycles. The topological polar surface area (TPSA) is 56.1 Å². The van der Waals surface area contributed by atoms with Crippen molar-refractivity contribution in [1.29, 1.82) is 5.26 Å². The second-order valence-electron chi connectivity index (χ2n) is 5.21. The number of nitrogens with zero attached hydrogens (tertiary/aromatic N) is 2. The van der Waals surface area contributed by atoms with Crippen LogP contribution in [-0.4, -0.2) is 30.9 Å². The van der Waals surface area contributed by atoms with E-state index in [-0.39, 0.29) is 17.9 Å². The van der Waals surface area contributed by atoms with Crippen molar-refractivity contribution in [3.63, 3.8) is 0 Å². The second kappa shape index (κ2) is 7.06.